The Balaban J connectivity index is 3.36. The summed E-state index contributed by atoms with van der Waals surface area (Å²) in [5.41, 5.74) is 0. The zero-order chi connectivity index (χ0) is 10.6. The largest absolute Gasteiger partial charge is 0.469 e. The summed E-state index contributed by atoms with van der Waals surface area (Å²) >= 11 is 0. The van der Waals surface area contributed by atoms with Crippen LogP contribution in [0.3, 0.4) is 0 Å². The van der Waals surface area contributed by atoms with Gasteiger partial charge in [0.05, 0.1) is 13.5 Å². The maximum absolute atomic E-state index is 10.6. The third-order valence-electron chi connectivity index (χ3n) is 1.76. The van der Waals surface area contributed by atoms with Crippen molar-refractivity contribution in [3.63, 3.8) is 0 Å². The molecule has 0 bridgehead atoms. The first-order valence-corrected chi connectivity index (χ1v) is 5.04. The topological polar surface area (TPSA) is 38.7 Å². The van der Waals surface area contributed by atoms with E-state index in [9.17, 15) is 4.79 Å². The molecule has 0 radical (unpaired) electrons. The van der Waals surface area contributed by atoms with E-state index in [2.05, 4.69) is 16.7 Å². The van der Waals surface area contributed by atoms with E-state index in [1.165, 1.54) is 26.4 Å². The minimum Gasteiger partial charge on any atom is -0.469 e. The Kier molecular flexibility index (Phi) is 9.17. The van der Waals surface area contributed by atoms with Gasteiger partial charge in [-0.1, -0.05) is 25.8 Å². The van der Waals surface area contributed by atoms with E-state index in [1.807, 2.05) is 6.08 Å². The van der Waals surface area contributed by atoms with Gasteiger partial charge in [0.1, 0.15) is 0 Å². The van der Waals surface area contributed by atoms with Crippen molar-refractivity contribution < 1.29 is 9.53 Å². The van der Waals surface area contributed by atoms with E-state index in [-0.39, 0.29) is 12.4 Å². The molecule has 0 aliphatic rings. The summed E-state index contributed by atoms with van der Waals surface area (Å²) in [4.78, 5) is 14.6. The van der Waals surface area contributed by atoms with E-state index in [4.69, 9.17) is 0 Å². The van der Waals surface area contributed by atoms with Crippen LogP contribution >= 0.6 is 0 Å². The van der Waals surface area contributed by atoms with Crippen LogP contribution in [0.25, 0.3) is 0 Å². The third-order valence-corrected chi connectivity index (χ3v) is 1.76. The number of carbonyl (C=O) groups excluding carboxylic acids is 1. The molecule has 0 fully saturated rings. The van der Waals surface area contributed by atoms with Crippen molar-refractivity contribution in [2.75, 3.05) is 7.11 Å². The molecule has 0 rings (SSSR count). The quantitative estimate of drug-likeness (QED) is 0.357. The summed E-state index contributed by atoms with van der Waals surface area (Å²) in [5, 5.41) is 0. The van der Waals surface area contributed by atoms with Crippen molar-refractivity contribution in [1.29, 1.82) is 0 Å². The minimum absolute atomic E-state index is 0.246. The second-order valence-corrected chi connectivity index (χ2v) is 2.99. The summed E-state index contributed by atoms with van der Waals surface area (Å²) in [6, 6.07) is 0. The highest BCUT2D eigenvalue weighted by Crippen LogP contribution is 1.99. The van der Waals surface area contributed by atoms with Gasteiger partial charge in [0.25, 0.3) is 0 Å². The van der Waals surface area contributed by atoms with E-state index >= 15 is 0 Å². The fraction of sp³-hybridized carbons (Fsp3) is 0.636. The van der Waals surface area contributed by atoms with Gasteiger partial charge in [-0.15, -0.1) is 0 Å². The fourth-order valence-electron chi connectivity index (χ4n) is 0.919. The number of hydrogen-bond donors (Lipinski definition) is 0. The third kappa shape index (κ3) is 8.97. The average molecular weight is 197 g/mol. The highest BCUT2D eigenvalue weighted by atomic mass is 16.5. The van der Waals surface area contributed by atoms with Gasteiger partial charge in [0.15, 0.2) is 0 Å². The maximum Gasteiger partial charge on any atom is 0.310 e. The zero-order valence-corrected chi connectivity index (χ0v) is 9.03. The molecular weight excluding hydrogens is 178 g/mol. The monoisotopic (exact) mass is 197 g/mol. The first-order valence-electron chi connectivity index (χ1n) is 5.04. The van der Waals surface area contributed by atoms with Crippen LogP contribution in [0.1, 0.15) is 39.0 Å². The second-order valence-electron chi connectivity index (χ2n) is 2.99. The van der Waals surface area contributed by atoms with E-state index < -0.39 is 0 Å². The van der Waals surface area contributed by atoms with Crippen LogP contribution in [0.2, 0.25) is 0 Å². The number of aliphatic imine (C=N–C) groups is 1. The molecule has 0 spiro atoms. The number of methoxy groups -OCH3 is 1. The standard InChI is InChI=1S/C11H19NO2/c1-3-4-5-6-7-9-12-10-8-11(13)14-2/h7,9-10H,3-6,8H2,1-2H3. The summed E-state index contributed by atoms with van der Waals surface area (Å²) in [7, 11) is 1.37. The maximum atomic E-state index is 10.6. The zero-order valence-electron chi connectivity index (χ0n) is 9.03. The molecule has 0 N–H and O–H groups in total. The summed E-state index contributed by atoms with van der Waals surface area (Å²) in [5.74, 6) is -0.256. The Morgan fingerprint density at radius 3 is 2.86 bits per heavy atom. The Hall–Kier alpha value is -1.12. The van der Waals surface area contributed by atoms with Crippen LogP contribution in [0.5, 0.6) is 0 Å². The molecule has 0 aliphatic carbocycles. The number of allylic oxidation sites excluding steroid dienone is 1. The summed E-state index contributed by atoms with van der Waals surface area (Å²) < 4.78 is 4.46. The molecule has 80 valence electrons. The van der Waals surface area contributed by atoms with Crippen molar-refractivity contribution >= 4 is 12.2 Å². The Morgan fingerprint density at radius 2 is 2.21 bits per heavy atom. The lowest BCUT2D eigenvalue weighted by molar-refractivity contribution is -0.139. The van der Waals surface area contributed by atoms with Gasteiger partial charge in [0, 0.05) is 12.4 Å². The molecule has 0 aromatic carbocycles. The highest BCUT2D eigenvalue weighted by molar-refractivity contribution is 5.85. The minimum atomic E-state index is -0.256. The highest BCUT2D eigenvalue weighted by Gasteiger charge is 1.92. The summed E-state index contributed by atoms with van der Waals surface area (Å²) in [6.45, 7) is 2.18. The van der Waals surface area contributed by atoms with Crippen molar-refractivity contribution in [2.24, 2.45) is 4.99 Å². The molecule has 0 atom stereocenters. The van der Waals surface area contributed by atoms with Gasteiger partial charge >= 0.3 is 5.97 Å². The number of rotatable bonds is 7. The second kappa shape index (κ2) is 9.96. The van der Waals surface area contributed by atoms with Crippen molar-refractivity contribution in [3.05, 3.63) is 12.3 Å². The van der Waals surface area contributed by atoms with Crippen molar-refractivity contribution in [1.82, 2.24) is 0 Å². The number of hydrogen-bond acceptors (Lipinski definition) is 3. The first kappa shape index (κ1) is 12.9. The van der Waals surface area contributed by atoms with Gasteiger partial charge in [-0.25, -0.2) is 0 Å². The van der Waals surface area contributed by atoms with Crippen LogP contribution in [-0.2, 0) is 9.53 Å². The number of esters is 1. The van der Waals surface area contributed by atoms with Crippen LogP contribution in [0, 0.1) is 0 Å². The van der Waals surface area contributed by atoms with Gasteiger partial charge in [-0.3, -0.25) is 9.79 Å². The van der Waals surface area contributed by atoms with E-state index in [1.54, 1.807) is 12.4 Å². The van der Waals surface area contributed by atoms with Gasteiger partial charge < -0.3 is 4.74 Å². The van der Waals surface area contributed by atoms with Crippen LogP contribution in [0.15, 0.2) is 17.3 Å². The SMILES string of the molecule is CCCCCC=CN=CCC(=O)OC. The van der Waals surface area contributed by atoms with E-state index in [0.29, 0.717) is 0 Å². The fourth-order valence-corrected chi connectivity index (χ4v) is 0.919. The predicted octanol–water partition coefficient (Wildman–Crippen LogP) is 2.71. The average Bonchev–Trinajstić information content (AvgIpc) is 2.21. The first-order chi connectivity index (χ1) is 6.81. The normalized spacial score (nSPS) is 11.3. The van der Waals surface area contributed by atoms with Gasteiger partial charge in [0.2, 0.25) is 0 Å². The molecule has 0 amide bonds. The van der Waals surface area contributed by atoms with E-state index in [0.717, 1.165) is 6.42 Å². The van der Waals surface area contributed by atoms with Crippen LogP contribution in [-0.4, -0.2) is 19.3 Å². The van der Waals surface area contributed by atoms with Crippen molar-refractivity contribution in [3.8, 4) is 0 Å². The lowest BCUT2D eigenvalue weighted by Gasteiger charge is -1.91. The van der Waals surface area contributed by atoms with Gasteiger partial charge in [-0.2, -0.15) is 0 Å². The van der Waals surface area contributed by atoms with Crippen LogP contribution in [0.4, 0.5) is 0 Å². The summed E-state index contributed by atoms with van der Waals surface area (Å²) in [6.07, 6.45) is 10.3. The number of ether oxygens (including phenoxy) is 1. The Bertz CT molecular complexity index is 197. The lowest BCUT2D eigenvalue weighted by Crippen LogP contribution is -1.99. The molecule has 0 aromatic rings. The number of unbranched alkanes of at least 4 members (excludes halogenated alkanes) is 3. The van der Waals surface area contributed by atoms with Gasteiger partial charge in [-0.05, 0) is 12.8 Å². The Labute approximate surface area is 85.9 Å². The molecule has 3 heteroatoms. The number of nitrogens with zero attached hydrogens (tertiary/aromatic N) is 1. The Morgan fingerprint density at radius 1 is 1.43 bits per heavy atom. The molecule has 0 heterocycles. The predicted molar refractivity (Wildman–Crippen MR) is 58.4 cm³/mol. The molecule has 14 heavy (non-hydrogen) atoms. The molecule has 0 aromatic heterocycles. The molecule has 3 nitrogen and oxygen atoms in total. The number of carbonyl (C=O) groups is 1. The molecule has 0 aliphatic heterocycles. The van der Waals surface area contributed by atoms with Crippen molar-refractivity contribution in [2.45, 2.75) is 39.0 Å². The lowest BCUT2D eigenvalue weighted by atomic mass is 10.2. The molecule has 0 saturated heterocycles. The van der Waals surface area contributed by atoms with Crippen LogP contribution < -0.4 is 0 Å². The smallest absolute Gasteiger partial charge is 0.310 e. The molecule has 0 unspecified atom stereocenters. The molecule has 0 saturated carbocycles. The molecular formula is C11H19NO2.